The zero-order chi connectivity index (χ0) is 10.5. The summed E-state index contributed by atoms with van der Waals surface area (Å²) in [6.45, 7) is 12.5. The normalized spacial score (nSPS) is 14.9. The summed E-state index contributed by atoms with van der Waals surface area (Å²) in [7, 11) is 0.258. The van der Waals surface area contributed by atoms with Gasteiger partial charge in [0.25, 0.3) is 0 Å². The van der Waals surface area contributed by atoms with E-state index in [9.17, 15) is 4.79 Å². The summed E-state index contributed by atoms with van der Waals surface area (Å²) < 4.78 is 4.35. The Morgan fingerprint density at radius 3 is 1.86 bits per heavy atom. The van der Waals surface area contributed by atoms with Crippen molar-refractivity contribution in [1.29, 1.82) is 0 Å². The summed E-state index contributed by atoms with van der Waals surface area (Å²) in [5.41, 5.74) is 0. The van der Waals surface area contributed by atoms with Crippen molar-refractivity contribution in [2.75, 3.05) is 26.5 Å². The molecule has 1 aliphatic heterocycles. The van der Waals surface area contributed by atoms with Gasteiger partial charge in [0, 0.05) is 0 Å². The van der Waals surface area contributed by atoms with Gasteiger partial charge in [-0.3, -0.25) is 4.79 Å². The summed E-state index contributed by atoms with van der Waals surface area (Å²) in [5.74, 6) is 0. The number of hydrogen-bond acceptors (Lipinski definition) is 2. The molecule has 88 valence electrons. The van der Waals surface area contributed by atoms with Gasteiger partial charge in [-0.1, -0.05) is 27.3 Å². The van der Waals surface area contributed by atoms with E-state index in [1.54, 1.807) is 0 Å². The zero-order valence-electron chi connectivity index (χ0n) is 9.43. The average molecular weight is 401 g/mol. The van der Waals surface area contributed by atoms with Gasteiger partial charge in [-0.15, -0.1) is 7.92 Å². The van der Waals surface area contributed by atoms with Crippen molar-refractivity contribution < 1.29 is 31.9 Å². The van der Waals surface area contributed by atoms with Gasteiger partial charge in [-0.05, 0) is 18.5 Å². The van der Waals surface area contributed by atoms with Crippen molar-refractivity contribution >= 4 is 14.0 Å². The van der Waals surface area contributed by atoms with Crippen molar-refractivity contribution in [2.45, 2.75) is 25.9 Å². The van der Waals surface area contributed by atoms with Crippen molar-refractivity contribution in [3.05, 3.63) is 5.32 Å². The number of hydrogen-bond donors (Lipinski definition) is 0. The van der Waals surface area contributed by atoms with Crippen molar-refractivity contribution in [1.82, 2.24) is 0 Å². The maximum Gasteiger partial charge on any atom is 1.00 e. The van der Waals surface area contributed by atoms with E-state index in [0.29, 0.717) is 18.3 Å². The second-order valence-electron chi connectivity index (χ2n) is 4.06. The van der Waals surface area contributed by atoms with Crippen LogP contribution in [0.25, 0.3) is 5.32 Å². The first-order valence-electron chi connectivity index (χ1n) is 4.35. The van der Waals surface area contributed by atoms with E-state index < -0.39 is 6.09 Å². The van der Waals surface area contributed by atoms with Crippen LogP contribution in [-0.2, 0) is 27.1 Å². The first-order valence-corrected chi connectivity index (χ1v) is 6.59. The second-order valence-corrected chi connectivity index (χ2v) is 7.19. The maximum atomic E-state index is 9.85. The molecule has 1 fully saturated rings. The topological polar surface area (TPSA) is 40.4 Å². The summed E-state index contributed by atoms with van der Waals surface area (Å²) in [4.78, 5) is 9.85. The predicted octanol–water partition coefficient (Wildman–Crippen LogP) is 3.03. The number of amides is 1. The number of cyclic esters (lactones) is 1. The van der Waals surface area contributed by atoms with Crippen LogP contribution in [0.1, 0.15) is 20.8 Å². The molecule has 0 aromatic heterocycles. The minimum atomic E-state index is -0.421. The quantitative estimate of drug-likeness (QED) is 0.463. The van der Waals surface area contributed by atoms with Crippen LogP contribution in [0.5, 0.6) is 0 Å². The van der Waals surface area contributed by atoms with Crippen molar-refractivity contribution in [3.63, 3.8) is 0 Å². The van der Waals surface area contributed by atoms with E-state index in [4.69, 9.17) is 0 Å². The molecular formula is C9H19AuNO2P. The standard InChI is InChI=1S/C6H15P.C3H5NO2.Au/c1-6(2,3)7(4)5;5-3-4-1-2-6-3;/h1-5H3;1-2H2,(H,4,5);/q;;+1/p-1. The fraction of sp³-hybridized carbons (Fsp3) is 0.889. The van der Waals surface area contributed by atoms with E-state index in [-0.39, 0.29) is 30.3 Å². The molecule has 0 spiro atoms. The summed E-state index contributed by atoms with van der Waals surface area (Å²) in [5, 5.41) is 3.94. The molecule has 0 radical (unpaired) electrons. The molecule has 0 aliphatic carbocycles. The van der Waals surface area contributed by atoms with Gasteiger partial charge >= 0.3 is 22.4 Å². The van der Waals surface area contributed by atoms with Crippen LogP contribution in [0.4, 0.5) is 4.79 Å². The van der Waals surface area contributed by atoms with E-state index in [0.717, 1.165) is 0 Å². The van der Waals surface area contributed by atoms with Gasteiger partial charge < -0.3 is 10.1 Å². The predicted molar refractivity (Wildman–Crippen MR) is 58.1 cm³/mol. The van der Waals surface area contributed by atoms with Crippen molar-refractivity contribution in [3.8, 4) is 0 Å². The minimum Gasteiger partial charge on any atom is -0.615 e. The van der Waals surface area contributed by atoms with E-state index in [1.165, 1.54) is 0 Å². The number of carbonyl (C=O) groups is 1. The fourth-order valence-electron chi connectivity index (χ4n) is 0.316. The van der Waals surface area contributed by atoms with Crippen LogP contribution in [-0.4, -0.2) is 37.7 Å². The van der Waals surface area contributed by atoms with E-state index in [2.05, 4.69) is 44.2 Å². The number of nitrogens with zero attached hydrogens (tertiary/aromatic N) is 1. The molecule has 0 aromatic rings. The van der Waals surface area contributed by atoms with Crippen molar-refractivity contribution in [2.24, 2.45) is 0 Å². The van der Waals surface area contributed by atoms with E-state index in [1.807, 2.05) is 0 Å². The Morgan fingerprint density at radius 1 is 1.36 bits per heavy atom. The third kappa shape index (κ3) is 9.01. The minimum absolute atomic E-state index is 0. The Morgan fingerprint density at radius 2 is 1.79 bits per heavy atom. The third-order valence-electron chi connectivity index (χ3n) is 1.90. The Hall–Kier alpha value is 0.440. The van der Waals surface area contributed by atoms with Crippen LogP contribution in [0.2, 0.25) is 0 Å². The molecule has 0 saturated carbocycles. The Bertz CT molecular complexity index is 161. The Balaban J connectivity index is 0. The third-order valence-corrected chi connectivity index (χ3v) is 4.58. The zero-order valence-corrected chi connectivity index (χ0v) is 12.5. The maximum absolute atomic E-state index is 9.85. The van der Waals surface area contributed by atoms with Gasteiger partial charge in [-0.25, -0.2) is 0 Å². The first-order chi connectivity index (χ1) is 5.84. The Kier molecular flexibility index (Phi) is 9.27. The molecule has 1 saturated heterocycles. The SMILES string of the molecule is CP(C)C(C)(C)C.O=C1[N-]CCO1.[Au+]. The van der Waals surface area contributed by atoms with Gasteiger partial charge in [0.15, 0.2) is 0 Å². The monoisotopic (exact) mass is 401 g/mol. The largest absolute Gasteiger partial charge is 1.00 e. The average Bonchev–Trinajstić information content (AvgIpc) is 2.38. The fourth-order valence-corrected chi connectivity index (χ4v) is 0.316. The molecule has 0 unspecified atom stereocenters. The van der Waals surface area contributed by atoms with Gasteiger partial charge in [0.2, 0.25) is 6.09 Å². The Labute approximate surface area is 104 Å². The molecule has 1 heterocycles. The molecule has 14 heavy (non-hydrogen) atoms. The van der Waals surface area contributed by atoms with E-state index >= 15 is 0 Å². The second kappa shape index (κ2) is 7.70. The summed E-state index contributed by atoms with van der Waals surface area (Å²) in [6, 6.07) is 0. The van der Waals surface area contributed by atoms with Crippen LogP contribution >= 0.6 is 7.92 Å². The summed E-state index contributed by atoms with van der Waals surface area (Å²) in [6.07, 6.45) is -0.421. The molecule has 3 nitrogen and oxygen atoms in total. The molecule has 1 rings (SSSR count). The molecule has 1 aliphatic rings. The number of carbonyl (C=O) groups excluding carboxylic acids is 1. The van der Waals surface area contributed by atoms with Gasteiger partial charge in [-0.2, -0.15) is 0 Å². The molecule has 0 atom stereocenters. The molecule has 0 bridgehead atoms. The molecule has 0 N–H and O–H groups in total. The van der Waals surface area contributed by atoms with Gasteiger partial charge in [0.05, 0.1) is 6.61 Å². The molecule has 0 aromatic carbocycles. The van der Waals surface area contributed by atoms with Crippen LogP contribution in [0.15, 0.2) is 0 Å². The number of rotatable bonds is 0. The first kappa shape index (κ1) is 16.9. The van der Waals surface area contributed by atoms with Gasteiger partial charge in [0.1, 0.15) is 0 Å². The van der Waals surface area contributed by atoms with Crippen LogP contribution in [0, 0.1) is 0 Å². The molecular weight excluding hydrogens is 382 g/mol. The molecule has 1 amide bonds. The smallest absolute Gasteiger partial charge is 0.615 e. The van der Waals surface area contributed by atoms with Crippen LogP contribution in [0.3, 0.4) is 0 Å². The number of ether oxygens (including phenoxy) is 1. The van der Waals surface area contributed by atoms with Crippen LogP contribution < -0.4 is 0 Å². The molecule has 5 heteroatoms. The summed E-state index contributed by atoms with van der Waals surface area (Å²) >= 11 is 0.